The Bertz CT molecular complexity index is 342. The first kappa shape index (κ1) is 10.6. The monoisotopic (exact) mass is 209 g/mol. The van der Waals surface area contributed by atoms with Crippen LogP contribution in [0.5, 0.6) is 0 Å². The van der Waals surface area contributed by atoms with E-state index in [2.05, 4.69) is 4.90 Å². The summed E-state index contributed by atoms with van der Waals surface area (Å²) in [6.45, 7) is 1.10. The van der Waals surface area contributed by atoms with Gasteiger partial charge in [0.1, 0.15) is 5.82 Å². The van der Waals surface area contributed by atoms with Crippen molar-refractivity contribution < 1.29 is 9.50 Å². The van der Waals surface area contributed by atoms with Crippen LogP contribution in [0, 0.1) is 11.7 Å². The number of nitrogens with zero attached hydrogens (tertiary/aromatic N) is 1. The normalized spacial score (nSPS) is 27.1. The minimum Gasteiger partial charge on any atom is -0.396 e. The molecule has 1 aliphatic rings. The number of aliphatic hydroxyl groups excluding tert-OH is 1. The molecule has 0 aromatic heterocycles. The van der Waals surface area contributed by atoms with Gasteiger partial charge in [0.15, 0.2) is 0 Å². The maximum absolute atomic E-state index is 13.1. The minimum absolute atomic E-state index is 0.187. The molecule has 82 valence electrons. The molecule has 1 N–H and O–H groups in total. The lowest BCUT2D eigenvalue weighted by Gasteiger charge is -2.19. The highest BCUT2D eigenvalue weighted by Gasteiger charge is 2.29. The number of rotatable bonds is 2. The van der Waals surface area contributed by atoms with E-state index < -0.39 is 0 Å². The van der Waals surface area contributed by atoms with Gasteiger partial charge in [0.25, 0.3) is 0 Å². The number of benzene rings is 1. The Hall–Kier alpha value is -0.930. The molecule has 15 heavy (non-hydrogen) atoms. The van der Waals surface area contributed by atoms with Crippen molar-refractivity contribution >= 4 is 0 Å². The van der Waals surface area contributed by atoms with Gasteiger partial charge in [-0.05, 0) is 37.1 Å². The van der Waals surface area contributed by atoms with Gasteiger partial charge in [0.2, 0.25) is 0 Å². The van der Waals surface area contributed by atoms with E-state index in [-0.39, 0.29) is 18.5 Å². The highest BCUT2D eigenvalue weighted by molar-refractivity contribution is 5.21. The van der Waals surface area contributed by atoms with Crippen LogP contribution in [-0.4, -0.2) is 30.2 Å². The Balaban J connectivity index is 2.17. The molecular weight excluding hydrogens is 193 g/mol. The molecule has 1 saturated heterocycles. The Morgan fingerprint density at radius 1 is 1.53 bits per heavy atom. The van der Waals surface area contributed by atoms with Gasteiger partial charge in [-0.1, -0.05) is 12.1 Å². The van der Waals surface area contributed by atoms with Gasteiger partial charge in [0, 0.05) is 19.2 Å². The van der Waals surface area contributed by atoms with Crippen molar-refractivity contribution in [2.75, 3.05) is 20.2 Å². The summed E-state index contributed by atoms with van der Waals surface area (Å²) in [6, 6.07) is 6.98. The zero-order valence-electron chi connectivity index (χ0n) is 8.86. The largest absolute Gasteiger partial charge is 0.396 e. The summed E-state index contributed by atoms with van der Waals surface area (Å²) >= 11 is 0. The second-order valence-corrected chi connectivity index (χ2v) is 4.29. The summed E-state index contributed by atoms with van der Waals surface area (Å²) in [6.07, 6.45) is 0.913. The number of hydrogen-bond acceptors (Lipinski definition) is 2. The quantitative estimate of drug-likeness (QED) is 0.803. The average molecular weight is 209 g/mol. The van der Waals surface area contributed by atoms with Crippen LogP contribution in [0.1, 0.15) is 18.0 Å². The predicted octanol–water partition coefficient (Wildman–Crippen LogP) is 1.81. The van der Waals surface area contributed by atoms with E-state index in [1.807, 2.05) is 13.1 Å². The van der Waals surface area contributed by atoms with Crippen LogP contribution in [0.3, 0.4) is 0 Å². The van der Waals surface area contributed by atoms with E-state index in [0.717, 1.165) is 18.5 Å². The minimum atomic E-state index is -0.187. The molecule has 1 heterocycles. The molecule has 0 aliphatic carbocycles. The number of halogens is 1. The molecule has 2 nitrogen and oxygen atoms in total. The van der Waals surface area contributed by atoms with E-state index in [1.165, 1.54) is 6.07 Å². The summed E-state index contributed by atoms with van der Waals surface area (Å²) in [5, 5.41) is 9.10. The molecule has 2 atom stereocenters. The van der Waals surface area contributed by atoms with Gasteiger partial charge < -0.3 is 5.11 Å². The highest BCUT2D eigenvalue weighted by Crippen LogP contribution is 2.33. The fourth-order valence-corrected chi connectivity index (χ4v) is 2.34. The Morgan fingerprint density at radius 2 is 2.33 bits per heavy atom. The molecule has 1 aromatic carbocycles. The van der Waals surface area contributed by atoms with Crippen LogP contribution in [0.2, 0.25) is 0 Å². The molecule has 1 aromatic rings. The van der Waals surface area contributed by atoms with E-state index in [4.69, 9.17) is 5.11 Å². The molecule has 0 bridgehead atoms. The second kappa shape index (κ2) is 4.29. The second-order valence-electron chi connectivity index (χ2n) is 4.29. The van der Waals surface area contributed by atoms with Crippen LogP contribution in [0.25, 0.3) is 0 Å². The van der Waals surface area contributed by atoms with Crippen molar-refractivity contribution in [2.45, 2.75) is 12.5 Å². The van der Waals surface area contributed by atoms with Crippen molar-refractivity contribution in [3.05, 3.63) is 35.6 Å². The summed E-state index contributed by atoms with van der Waals surface area (Å²) in [4.78, 5) is 2.18. The van der Waals surface area contributed by atoms with Crippen molar-refractivity contribution in [3.8, 4) is 0 Å². The van der Waals surface area contributed by atoms with Gasteiger partial charge >= 0.3 is 0 Å². The lowest BCUT2D eigenvalue weighted by Crippen LogP contribution is -2.19. The maximum atomic E-state index is 13.1. The standard InChI is InChI=1S/C12H16FNO/c1-14-7-9(8-15)5-12(14)10-3-2-4-11(13)6-10/h2-4,6,9,12,15H,5,7-8H2,1H3/t9-,12-/m0/s1. The lowest BCUT2D eigenvalue weighted by atomic mass is 10.0. The molecule has 1 aliphatic heterocycles. The van der Waals surface area contributed by atoms with Crippen LogP contribution < -0.4 is 0 Å². The van der Waals surface area contributed by atoms with E-state index in [0.29, 0.717) is 5.92 Å². The third-order valence-corrected chi connectivity index (χ3v) is 3.13. The van der Waals surface area contributed by atoms with Crippen molar-refractivity contribution in [2.24, 2.45) is 5.92 Å². The molecular formula is C12H16FNO. The SMILES string of the molecule is CN1C[C@@H](CO)C[C@H]1c1cccc(F)c1. The smallest absolute Gasteiger partial charge is 0.123 e. The van der Waals surface area contributed by atoms with Crippen LogP contribution in [0.4, 0.5) is 4.39 Å². The molecule has 0 unspecified atom stereocenters. The van der Waals surface area contributed by atoms with Crippen LogP contribution in [0.15, 0.2) is 24.3 Å². The highest BCUT2D eigenvalue weighted by atomic mass is 19.1. The van der Waals surface area contributed by atoms with Crippen molar-refractivity contribution in [3.63, 3.8) is 0 Å². The first-order valence-corrected chi connectivity index (χ1v) is 5.27. The topological polar surface area (TPSA) is 23.5 Å². The van der Waals surface area contributed by atoms with Crippen LogP contribution >= 0.6 is 0 Å². The zero-order chi connectivity index (χ0) is 10.8. The van der Waals surface area contributed by atoms with Gasteiger partial charge in [-0.25, -0.2) is 4.39 Å². The Labute approximate surface area is 89.3 Å². The number of aliphatic hydroxyl groups is 1. The summed E-state index contributed by atoms with van der Waals surface area (Å²) < 4.78 is 13.1. The molecule has 2 rings (SSSR count). The lowest BCUT2D eigenvalue weighted by molar-refractivity contribution is 0.227. The fourth-order valence-electron chi connectivity index (χ4n) is 2.34. The molecule has 0 spiro atoms. The first-order chi connectivity index (χ1) is 7.20. The third-order valence-electron chi connectivity index (χ3n) is 3.13. The van der Waals surface area contributed by atoms with E-state index in [9.17, 15) is 4.39 Å². The molecule has 0 saturated carbocycles. The van der Waals surface area contributed by atoms with E-state index >= 15 is 0 Å². The zero-order valence-corrected chi connectivity index (χ0v) is 8.86. The van der Waals surface area contributed by atoms with Crippen LogP contribution in [-0.2, 0) is 0 Å². The van der Waals surface area contributed by atoms with Gasteiger partial charge in [-0.2, -0.15) is 0 Å². The van der Waals surface area contributed by atoms with Crippen molar-refractivity contribution in [1.29, 1.82) is 0 Å². The van der Waals surface area contributed by atoms with Gasteiger partial charge in [-0.3, -0.25) is 4.90 Å². The molecule has 1 fully saturated rings. The van der Waals surface area contributed by atoms with Gasteiger partial charge in [-0.15, -0.1) is 0 Å². The molecule has 0 amide bonds. The number of likely N-dealkylation sites (tertiary alicyclic amines) is 1. The maximum Gasteiger partial charge on any atom is 0.123 e. The molecule has 3 heteroatoms. The number of hydrogen-bond donors (Lipinski definition) is 1. The molecule has 0 radical (unpaired) electrons. The fraction of sp³-hybridized carbons (Fsp3) is 0.500. The first-order valence-electron chi connectivity index (χ1n) is 5.27. The predicted molar refractivity (Wildman–Crippen MR) is 57.0 cm³/mol. The Kier molecular flexibility index (Phi) is 3.03. The van der Waals surface area contributed by atoms with Gasteiger partial charge in [0.05, 0.1) is 0 Å². The van der Waals surface area contributed by atoms with E-state index in [1.54, 1.807) is 12.1 Å². The summed E-state index contributed by atoms with van der Waals surface area (Å²) in [5.74, 6) is 0.136. The van der Waals surface area contributed by atoms with Crippen molar-refractivity contribution in [1.82, 2.24) is 4.90 Å². The summed E-state index contributed by atoms with van der Waals surface area (Å²) in [7, 11) is 2.02. The average Bonchev–Trinajstić information content (AvgIpc) is 2.60. The summed E-state index contributed by atoms with van der Waals surface area (Å²) in [5.41, 5.74) is 1.01. The third kappa shape index (κ3) is 2.19. The Morgan fingerprint density at radius 3 is 2.93 bits per heavy atom.